The summed E-state index contributed by atoms with van der Waals surface area (Å²) in [4.78, 5) is 6.77. The third-order valence-corrected chi connectivity index (χ3v) is 3.95. The molecule has 2 fully saturated rings. The van der Waals surface area contributed by atoms with Crippen molar-refractivity contribution >= 4 is 0 Å². The zero-order valence-corrected chi connectivity index (χ0v) is 11.4. The van der Waals surface area contributed by atoms with Crippen LogP contribution in [0.3, 0.4) is 0 Å². The Kier molecular flexibility index (Phi) is 3.81. The number of nitrogens with zero attached hydrogens (tertiary/aromatic N) is 3. The number of hydrogen-bond donors (Lipinski definition) is 1. The van der Waals surface area contributed by atoms with Crippen molar-refractivity contribution in [3.8, 4) is 0 Å². The lowest BCUT2D eigenvalue weighted by Gasteiger charge is -2.17. The van der Waals surface area contributed by atoms with Gasteiger partial charge in [0, 0.05) is 6.54 Å². The summed E-state index contributed by atoms with van der Waals surface area (Å²) >= 11 is 0. The van der Waals surface area contributed by atoms with E-state index in [0.29, 0.717) is 11.7 Å². The van der Waals surface area contributed by atoms with Crippen LogP contribution in [-0.2, 0) is 4.74 Å². The number of aromatic nitrogens is 2. The molecular weight excluding hydrogens is 244 g/mol. The maximum Gasteiger partial charge on any atom is 0.255 e. The van der Waals surface area contributed by atoms with Gasteiger partial charge in [0.15, 0.2) is 5.82 Å². The van der Waals surface area contributed by atoms with Crippen molar-refractivity contribution in [3.63, 3.8) is 0 Å². The second kappa shape index (κ2) is 5.56. The molecule has 1 aromatic rings. The summed E-state index contributed by atoms with van der Waals surface area (Å²) in [5.41, 5.74) is 6.15. The minimum Gasteiger partial charge on any atom is -0.365 e. The summed E-state index contributed by atoms with van der Waals surface area (Å²) in [5.74, 6) is 1.18. The van der Waals surface area contributed by atoms with Crippen molar-refractivity contribution in [2.75, 3.05) is 19.6 Å². The fourth-order valence-electron chi connectivity index (χ4n) is 2.84. The van der Waals surface area contributed by atoms with Gasteiger partial charge in [-0.25, -0.2) is 0 Å². The highest BCUT2D eigenvalue weighted by Crippen LogP contribution is 2.31. The molecule has 0 bridgehead atoms. The highest BCUT2D eigenvalue weighted by atomic mass is 16.5. The molecule has 0 aromatic carbocycles. The average Bonchev–Trinajstić information content (AvgIpc) is 3.07. The molecule has 0 amide bonds. The van der Waals surface area contributed by atoms with E-state index in [0.717, 1.165) is 32.5 Å². The van der Waals surface area contributed by atoms with Gasteiger partial charge in [0.25, 0.3) is 5.89 Å². The predicted octanol–water partition coefficient (Wildman–Crippen LogP) is 1.41. The second-order valence-electron chi connectivity index (χ2n) is 5.62. The summed E-state index contributed by atoms with van der Waals surface area (Å²) in [6.07, 6.45) is 4.75. The van der Waals surface area contributed by atoms with Crippen molar-refractivity contribution in [1.29, 1.82) is 0 Å². The Morgan fingerprint density at radius 3 is 2.84 bits per heavy atom. The first kappa shape index (κ1) is 13.0. The van der Waals surface area contributed by atoms with Crippen molar-refractivity contribution < 1.29 is 9.26 Å². The van der Waals surface area contributed by atoms with Crippen LogP contribution < -0.4 is 5.73 Å². The molecule has 2 N–H and O–H groups in total. The first-order valence-electron chi connectivity index (χ1n) is 7.19. The van der Waals surface area contributed by atoms with Crippen molar-refractivity contribution in [2.45, 2.75) is 50.9 Å². The zero-order valence-electron chi connectivity index (χ0n) is 11.4. The van der Waals surface area contributed by atoms with E-state index < -0.39 is 0 Å². The Morgan fingerprint density at radius 2 is 2.16 bits per heavy atom. The van der Waals surface area contributed by atoms with Crippen LogP contribution in [0.4, 0.5) is 0 Å². The molecule has 6 heteroatoms. The second-order valence-corrected chi connectivity index (χ2v) is 5.62. The Bertz CT molecular complexity index is 417. The standard InChI is InChI=1S/C13H22N4O2/c1-9-4-5-11(18-9)13-15-12(16-19-13)10(14)8-17-6-2-3-7-17/h9-11H,2-8,14H2,1H3. The molecule has 1 aromatic heterocycles. The molecule has 106 valence electrons. The van der Waals surface area contributed by atoms with Gasteiger partial charge >= 0.3 is 0 Å². The molecule has 2 aliphatic heterocycles. The molecule has 2 saturated heterocycles. The van der Waals surface area contributed by atoms with Crippen LogP contribution in [0.25, 0.3) is 0 Å². The van der Waals surface area contributed by atoms with Crippen LogP contribution in [0.15, 0.2) is 4.52 Å². The van der Waals surface area contributed by atoms with Gasteiger partial charge in [0.05, 0.1) is 12.1 Å². The van der Waals surface area contributed by atoms with Gasteiger partial charge in [-0.2, -0.15) is 4.98 Å². The Balaban J connectivity index is 1.60. The van der Waals surface area contributed by atoms with E-state index in [1.165, 1.54) is 12.8 Å². The number of rotatable bonds is 4. The van der Waals surface area contributed by atoms with Gasteiger partial charge in [-0.1, -0.05) is 5.16 Å². The van der Waals surface area contributed by atoms with Crippen molar-refractivity contribution in [3.05, 3.63) is 11.7 Å². The fourth-order valence-corrected chi connectivity index (χ4v) is 2.84. The summed E-state index contributed by atoms with van der Waals surface area (Å²) in [7, 11) is 0. The minimum absolute atomic E-state index is 0.0461. The highest BCUT2D eigenvalue weighted by Gasteiger charge is 2.29. The van der Waals surface area contributed by atoms with E-state index in [9.17, 15) is 0 Å². The summed E-state index contributed by atoms with van der Waals surface area (Å²) in [6, 6.07) is -0.172. The normalized spacial score (nSPS) is 30.0. The number of likely N-dealkylation sites (tertiary alicyclic amines) is 1. The third-order valence-electron chi connectivity index (χ3n) is 3.95. The van der Waals surface area contributed by atoms with E-state index in [4.69, 9.17) is 15.0 Å². The molecule has 3 heterocycles. The molecule has 3 atom stereocenters. The lowest BCUT2D eigenvalue weighted by atomic mass is 10.2. The van der Waals surface area contributed by atoms with Crippen LogP contribution in [-0.4, -0.2) is 40.8 Å². The molecular formula is C13H22N4O2. The van der Waals surface area contributed by atoms with E-state index in [1.807, 2.05) is 0 Å². The highest BCUT2D eigenvalue weighted by molar-refractivity contribution is 4.98. The van der Waals surface area contributed by atoms with Crippen molar-refractivity contribution in [1.82, 2.24) is 15.0 Å². The van der Waals surface area contributed by atoms with Gasteiger partial charge in [-0.05, 0) is 45.7 Å². The first-order chi connectivity index (χ1) is 9.22. The molecule has 0 aliphatic carbocycles. The minimum atomic E-state index is -0.172. The fraction of sp³-hybridized carbons (Fsp3) is 0.846. The van der Waals surface area contributed by atoms with Crippen molar-refractivity contribution in [2.24, 2.45) is 5.73 Å². The van der Waals surface area contributed by atoms with Crippen LogP contribution >= 0.6 is 0 Å². The molecule has 19 heavy (non-hydrogen) atoms. The van der Waals surface area contributed by atoms with E-state index in [-0.39, 0.29) is 18.2 Å². The van der Waals surface area contributed by atoms with Gasteiger partial charge in [-0.3, -0.25) is 0 Å². The molecule has 3 rings (SSSR count). The lowest BCUT2D eigenvalue weighted by molar-refractivity contribution is 0.0355. The van der Waals surface area contributed by atoms with Gasteiger partial charge in [0.1, 0.15) is 6.10 Å². The average molecular weight is 266 g/mol. The van der Waals surface area contributed by atoms with Crippen LogP contribution in [0.5, 0.6) is 0 Å². The summed E-state index contributed by atoms with van der Waals surface area (Å²) in [5, 5.41) is 4.01. The predicted molar refractivity (Wildman–Crippen MR) is 69.4 cm³/mol. The van der Waals surface area contributed by atoms with E-state index >= 15 is 0 Å². The Labute approximate surface area is 113 Å². The lowest BCUT2D eigenvalue weighted by Crippen LogP contribution is -2.30. The number of ether oxygens (including phenoxy) is 1. The monoisotopic (exact) mass is 266 g/mol. The molecule has 0 spiro atoms. The number of hydrogen-bond acceptors (Lipinski definition) is 6. The molecule has 0 radical (unpaired) electrons. The van der Waals surface area contributed by atoms with Crippen LogP contribution in [0.1, 0.15) is 56.5 Å². The maximum absolute atomic E-state index is 6.15. The summed E-state index contributed by atoms with van der Waals surface area (Å²) in [6.45, 7) is 5.13. The largest absolute Gasteiger partial charge is 0.365 e. The topological polar surface area (TPSA) is 77.4 Å². The zero-order chi connectivity index (χ0) is 13.2. The van der Waals surface area contributed by atoms with Gasteiger partial charge in [-0.15, -0.1) is 0 Å². The molecule has 2 aliphatic rings. The molecule has 0 saturated carbocycles. The Hall–Kier alpha value is -0.980. The first-order valence-corrected chi connectivity index (χ1v) is 7.19. The Morgan fingerprint density at radius 1 is 1.37 bits per heavy atom. The van der Waals surface area contributed by atoms with Gasteiger partial charge in [0.2, 0.25) is 0 Å². The van der Waals surface area contributed by atoms with Crippen LogP contribution in [0, 0.1) is 0 Å². The smallest absolute Gasteiger partial charge is 0.255 e. The molecule has 3 unspecified atom stereocenters. The quantitative estimate of drug-likeness (QED) is 0.887. The SMILES string of the molecule is CC1CCC(c2nc(C(N)CN3CCCC3)no2)O1. The van der Waals surface area contributed by atoms with Crippen LogP contribution in [0.2, 0.25) is 0 Å². The third kappa shape index (κ3) is 2.96. The van der Waals surface area contributed by atoms with Gasteiger partial charge < -0.3 is 19.9 Å². The summed E-state index contributed by atoms with van der Waals surface area (Å²) < 4.78 is 11.0. The van der Waals surface area contributed by atoms with E-state index in [2.05, 4.69) is 22.0 Å². The number of nitrogens with two attached hydrogens (primary N) is 1. The molecule has 6 nitrogen and oxygen atoms in total. The van der Waals surface area contributed by atoms with E-state index in [1.54, 1.807) is 0 Å². The maximum atomic E-state index is 6.15.